The highest BCUT2D eigenvalue weighted by molar-refractivity contribution is 8.00. The van der Waals surface area contributed by atoms with Crippen molar-refractivity contribution in [1.82, 2.24) is 20.2 Å². The molecular formula is C20H20N6O6S2. The number of carboxylic acid groups (broad SMARTS) is 1. The molecule has 0 saturated carbocycles. The van der Waals surface area contributed by atoms with Crippen molar-refractivity contribution in [2.75, 3.05) is 25.2 Å². The van der Waals surface area contributed by atoms with Crippen LogP contribution in [0.15, 0.2) is 46.4 Å². The summed E-state index contributed by atoms with van der Waals surface area (Å²) < 4.78 is 5.71. The Labute approximate surface area is 201 Å². The molecule has 4 rings (SSSR count). The third-order valence-electron chi connectivity index (χ3n) is 4.95. The Kier molecular flexibility index (Phi) is 6.98. The van der Waals surface area contributed by atoms with Gasteiger partial charge in [0.25, 0.3) is 11.8 Å². The molecule has 2 aliphatic rings. The molecule has 0 aliphatic carbocycles. The van der Waals surface area contributed by atoms with Crippen molar-refractivity contribution in [2.45, 2.75) is 17.8 Å². The largest absolute Gasteiger partial charge is 0.494 e. The van der Waals surface area contributed by atoms with E-state index in [1.165, 1.54) is 24.3 Å². The third kappa shape index (κ3) is 4.68. The minimum absolute atomic E-state index is 0.143. The number of thiazole rings is 1. The average molecular weight is 505 g/mol. The minimum Gasteiger partial charge on any atom is -0.494 e. The summed E-state index contributed by atoms with van der Waals surface area (Å²) in [5, 5.41) is 17.2. The van der Waals surface area contributed by atoms with Gasteiger partial charge in [0.05, 0.1) is 12.4 Å². The number of fused-ring (bicyclic) bond motifs is 1. The maximum atomic E-state index is 12.8. The minimum atomic E-state index is -1.28. The number of oxime groups is 1. The number of anilines is 1. The first kappa shape index (κ1) is 23.5. The first-order valence-corrected chi connectivity index (χ1v) is 11.9. The van der Waals surface area contributed by atoms with Crippen molar-refractivity contribution in [3.8, 4) is 0 Å². The van der Waals surface area contributed by atoms with Crippen molar-refractivity contribution in [3.05, 3.63) is 52.6 Å². The second-order valence-electron chi connectivity index (χ2n) is 7.05. The molecule has 178 valence electrons. The van der Waals surface area contributed by atoms with Crippen LogP contribution in [0, 0.1) is 0 Å². The second kappa shape index (κ2) is 10.1. The van der Waals surface area contributed by atoms with Crippen molar-refractivity contribution in [2.24, 2.45) is 5.16 Å². The Morgan fingerprint density at radius 3 is 2.88 bits per heavy atom. The topological polar surface area (TPSA) is 169 Å². The Morgan fingerprint density at radius 2 is 2.24 bits per heavy atom. The average Bonchev–Trinajstić information content (AvgIpc) is 3.26. The summed E-state index contributed by atoms with van der Waals surface area (Å²) in [6.07, 6.45) is 2.15. The number of carbonyl (C=O) groups excluding carboxylic acids is 2. The fourth-order valence-electron chi connectivity index (χ4n) is 3.43. The van der Waals surface area contributed by atoms with Crippen LogP contribution in [0.1, 0.15) is 11.4 Å². The van der Waals surface area contributed by atoms with Gasteiger partial charge in [-0.25, -0.2) is 9.78 Å². The molecule has 4 heterocycles. The number of thioether (sulfide) groups is 1. The van der Waals surface area contributed by atoms with Gasteiger partial charge in [0.2, 0.25) is 0 Å². The predicted molar refractivity (Wildman–Crippen MR) is 124 cm³/mol. The highest BCUT2D eigenvalue weighted by atomic mass is 32.2. The molecule has 0 bridgehead atoms. The molecule has 14 heteroatoms. The summed E-state index contributed by atoms with van der Waals surface area (Å²) in [4.78, 5) is 51.7. The quantitative estimate of drug-likeness (QED) is 0.247. The van der Waals surface area contributed by atoms with Crippen LogP contribution in [0.2, 0.25) is 0 Å². The Bertz CT molecular complexity index is 1170. The number of rotatable bonds is 9. The van der Waals surface area contributed by atoms with E-state index in [1.54, 1.807) is 12.3 Å². The maximum absolute atomic E-state index is 12.8. The number of pyridine rings is 1. The normalized spacial score (nSPS) is 19.9. The Morgan fingerprint density at radius 1 is 1.41 bits per heavy atom. The number of aliphatic carboxylic acids is 1. The predicted octanol–water partition coefficient (Wildman–Crippen LogP) is 0.426. The summed E-state index contributed by atoms with van der Waals surface area (Å²) in [6, 6.07) is 4.55. The summed E-state index contributed by atoms with van der Waals surface area (Å²) in [6.45, 7) is 0.212. The van der Waals surface area contributed by atoms with Gasteiger partial charge in [-0.15, -0.1) is 23.1 Å². The van der Waals surface area contributed by atoms with Gasteiger partial charge < -0.3 is 25.7 Å². The molecular weight excluding hydrogens is 484 g/mol. The molecule has 1 fully saturated rings. The van der Waals surface area contributed by atoms with Crippen LogP contribution in [0.3, 0.4) is 0 Å². The number of amides is 2. The van der Waals surface area contributed by atoms with Crippen LogP contribution >= 0.6 is 23.1 Å². The van der Waals surface area contributed by atoms with Gasteiger partial charge >= 0.3 is 5.97 Å². The van der Waals surface area contributed by atoms with Gasteiger partial charge in [0, 0.05) is 23.7 Å². The summed E-state index contributed by atoms with van der Waals surface area (Å²) in [5.41, 5.74) is 6.27. The van der Waals surface area contributed by atoms with Crippen LogP contribution in [0.5, 0.6) is 0 Å². The zero-order valence-corrected chi connectivity index (χ0v) is 19.5. The third-order valence-corrected chi connectivity index (χ3v) is 6.87. The zero-order valence-electron chi connectivity index (χ0n) is 17.8. The van der Waals surface area contributed by atoms with Crippen molar-refractivity contribution < 1.29 is 29.1 Å². The smallest absolute Gasteiger partial charge is 0.356 e. The molecule has 1 saturated heterocycles. The van der Waals surface area contributed by atoms with Crippen LogP contribution in [0.4, 0.5) is 5.13 Å². The molecule has 2 aliphatic heterocycles. The van der Waals surface area contributed by atoms with E-state index in [1.807, 2.05) is 12.1 Å². The molecule has 2 amide bonds. The number of β-lactam (4-membered cyclic amide) rings is 1. The van der Waals surface area contributed by atoms with Crippen LogP contribution in [-0.2, 0) is 30.4 Å². The van der Waals surface area contributed by atoms with E-state index in [2.05, 4.69) is 20.4 Å². The lowest BCUT2D eigenvalue weighted by Crippen LogP contribution is -2.71. The number of nitrogens with zero attached hydrogens (tertiary/aromatic N) is 4. The molecule has 34 heavy (non-hydrogen) atoms. The van der Waals surface area contributed by atoms with Gasteiger partial charge in [-0.3, -0.25) is 19.5 Å². The van der Waals surface area contributed by atoms with Crippen LogP contribution < -0.4 is 11.1 Å². The van der Waals surface area contributed by atoms with E-state index in [0.717, 1.165) is 21.9 Å². The van der Waals surface area contributed by atoms with Gasteiger partial charge in [-0.1, -0.05) is 11.2 Å². The molecule has 2 aromatic heterocycles. The van der Waals surface area contributed by atoms with Crippen LogP contribution in [0.25, 0.3) is 0 Å². The highest BCUT2D eigenvalue weighted by Gasteiger charge is 2.55. The first-order chi connectivity index (χ1) is 16.4. The van der Waals surface area contributed by atoms with E-state index in [-0.39, 0.29) is 40.4 Å². The number of aromatic nitrogens is 2. The lowest BCUT2D eigenvalue weighted by atomic mass is 10.0. The Balaban J connectivity index is 1.45. The SMILES string of the molecule is CO/N=C(\C(=O)N[C@@H]1C(=O)N2C(C(=O)O)=C(OCCc3ccccn3)CS[C@H]12)c1csc(N)n1. The molecule has 0 radical (unpaired) electrons. The van der Waals surface area contributed by atoms with Crippen molar-refractivity contribution in [1.29, 1.82) is 0 Å². The van der Waals surface area contributed by atoms with Crippen molar-refractivity contribution in [3.63, 3.8) is 0 Å². The van der Waals surface area contributed by atoms with Gasteiger partial charge in [-0.2, -0.15) is 0 Å². The summed E-state index contributed by atoms with van der Waals surface area (Å²) in [7, 11) is 1.27. The number of nitrogen functional groups attached to an aromatic ring is 1. The highest BCUT2D eigenvalue weighted by Crippen LogP contribution is 2.40. The number of nitrogens with one attached hydrogen (secondary N) is 1. The molecule has 2 atom stereocenters. The lowest BCUT2D eigenvalue weighted by molar-refractivity contribution is -0.150. The first-order valence-electron chi connectivity index (χ1n) is 9.98. The standard InChI is InChI=1S/C20H20N6O6S2/c1-31-25-13(11-8-34-20(21)23-11)16(27)24-14-17(28)26-15(19(29)30)12(9-33-18(14)26)32-7-5-10-4-2-3-6-22-10/h2-4,6,8,14,18H,5,7,9H2,1H3,(H2,21,23)(H,24,27)(H,29,30)/b25-13-/t14-,18-/m1/s1. The molecule has 2 aromatic rings. The molecule has 0 unspecified atom stereocenters. The number of carboxylic acids is 1. The molecule has 0 aromatic carbocycles. The fraction of sp³-hybridized carbons (Fsp3) is 0.300. The Hall–Kier alpha value is -3.65. The number of hydrogen-bond acceptors (Lipinski definition) is 11. The van der Waals surface area contributed by atoms with E-state index in [0.29, 0.717) is 6.42 Å². The number of carbonyl (C=O) groups is 3. The van der Waals surface area contributed by atoms with E-state index in [4.69, 9.17) is 15.3 Å². The summed E-state index contributed by atoms with van der Waals surface area (Å²) >= 11 is 2.42. The zero-order chi connectivity index (χ0) is 24.2. The van der Waals surface area contributed by atoms with Gasteiger partial charge in [-0.05, 0) is 12.1 Å². The fourth-order valence-corrected chi connectivity index (χ4v) is 5.25. The molecule has 12 nitrogen and oxygen atoms in total. The van der Waals surface area contributed by atoms with Crippen molar-refractivity contribution >= 4 is 51.7 Å². The summed E-state index contributed by atoms with van der Waals surface area (Å²) in [5.74, 6) is -2.11. The van der Waals surface area contributed by atoms with E-state index >= 15 is 0 Å². The second-order valence-corrected chi connectivity index (χ2v) is 9.05. The van der Waals surface area contributed by atoms with E-state index in [9.17, 15) is 19.5 Å². The van der Waals surface area contributed by atoms with E-state index < -0.39 is 29.2 Å². The van der Waals surface area contributed by atoms with Gasteiger partial charge in [0.15, 0.2) is 16.5 Å². The maximum Gasteiger partial charge on any atom is 0.356 e. The van der Waals surface area contributed by atoms with Crippen LogP contribution in [-0.4, -0.2) is 74.4 Å². The lowest BCUT2D eigenvalue weighted by Gasteiger charge is -2.48. The van der Waals surface area contributed by atoms with Gasteiger partial charge in [0.1, 0.15) is 30.0 Å². The molecule has 4 N–H and O–H groups in total. The number of nitrogens with two attached hydrogens (primary N) is 1. The number of hydrogen-bond donors (Lipinski definition) is 3. The molecule has 0 spiro atoms. The number of ether oxygens (including phenoxy) is 1. The monoisotopic (exact) mass is 504 g/mol.